The molecule has 1 amide bonds. The minimum Gasteiger partial charge on any atom is -0.478 e. The fourth-order valence-electron chi connectivity index (χ4n) is 2.26. The lowest BCUT2D eigenvalue weighted by Crippen LogP contribution is -2.28. The summed E-state index contributed by atoms with van der Waals surface area (Å²) in [4.78, 5) is 34.2. The van der Waals surface area contributed by atoms with Crippen molar-refractivity contribution in [1.29, 1.82) is 0 Å². The van der Waals surface area contributed by atoms with E-state index in [0.717, 1.165) is 5.56 Å². The second-order valence-corrected chi connectivity index (χ2v) is 6.18. The van der Waals surface area contributed by atoms with Crippen LogP contribution < -0.4 is 0 Å². The maximum atomic E-state index is 12.6. The van der Waals surface area contributed by atoms with Crippen LogP contribution in [-0.2, 0) is 4.79 Å². The first-order valence-corrected chi connectivity index (χ1v) is 8.44. The molecule has 1 saturated heterocycles. The largest absolute Gasteiger partial charge is 0.478 e. The quantitative estimate of drug-likeness (QED) is 0.852. The number of carboxylic acid groups (broad SMARTS) is 1. The average molecular weight is 353 g/mol. The first-order chi connectivity index (χ1) is 12.1. The predicted molar refractivity (Wildman–Crippen MR) is 97.7 cm³/mol. The zero-order valence-corrected chi connectivity index (χ0v) is 14.2. The molecule has 1 N–H and O–H groups in total. The molecule has 1 aromatic heterocycles. The van der Waals surface area contributed by atoms with Gasteiger partial charge in [0.2, 0.25) is 0 Å². The van der Waals surface area contributed by atoms with Crippen molar-refractivity contribution < 1.29 is 14.7 Å². The predicted octanol–water partition coefficient (Wildman–Crippen LogP) is 3.40. The number of thioether (sulfide) groups is 1. The van der Waals surface area contributed by atoms with E-state index in [2.05, 4.69) is 9.98 Å². The Morgan fingerprint density at radius 1 is 1.28 bits per heavy atom. The number of carbonyl (C=O) groups excluding carboxylic acids is 1. The van der Waals surface area contributed by atoms with Crippen LogP contribution in [0.25, 0.3) is 6.08 Å². The third kappa shape index (κ3) is 3.77. The number of hydrogen-bond acceptors (Lipinski definition) is 5. The molecular formula is C18H15N3O3S. The van der Waals surface area contributed by atoms with Gasteiger partial charge in [0.05, 0.1) is 10.5 Å². The summed E-state index contributed by atoms with van der Waals surface area (Å²) in [7, 11) is 0. The second-order valence-electron chi connectivity index (χ2n) is 5.17. The number of hydrogen-bond donors (Lipinski definition) is 1. The van der Waals surface area contributed by atoms with Gasteiger partial charge in [-0.15, -0.1) is 0 Å². The number of aromatic carboxylic acids is 1. The van der Waals surface area contributed by atoms with Gasteiger partial charge < -0.3 is 5.11 Å². The van der Waals surface area contributed by atoms with Crippen LogP contribution >= 0.6 is 11.8 Å². The van der Waals surface area contributed by atoms with Crippen LogP contribution in [0.4, 0.5) is 5.82 Å². The summed E-state index contributed by atoms with van der Waals surface area (Å²) in [5.41, 5.74) is 0.969. The fraction of sp³-hybridized carbons (Fsp3) is 0.111. The summed E-state index contributed by atoms with van der Waals surface area (Å²) in [6.07, 6.45) is 3.39. The molecule has 25 heavy (non-hydrogen) atoms. The third-order valence-corrected chi connectivity index (χ3v) is 4.53. The number of carboxylic acids is 1. The monoisotopic (exact) mass is 353 g/mol. The minimum absolute atomic E-state index is 0.121. The van der Waals surface area contributed by atoms with Crippen molar-refractivity contribution in [2.75, 3.05) is 6.54 Å². The molecule has 0 atom stereocenters. The molecule has 0 unspecified atom stereocenters. The number of pyridine rings is 1. The van der Waals surface area contributed by atoms with E-state index in [4.69, 9.17) is 5.11 Å². The van der Waals surface area contributed by atoms with Gasteiger partial charge in [0.25, 0.3) is 5.91 Å². The van der Waals surface area contributed by atoms with Crippen LogP contribution in [0.1, 0.15) is 22.8 Å². The Hall–Kier alpha value is -2.93. The standard InChI is InChI=1S/C18H15N3O3S/c1-2-21-16(22)14(11-12-6-8-13(9-7-12)17(23)24)25-18(21)20-15-5-3-4-10-19-15/h3-11H,2H2,1H3,(H,23,24). The fourth-order valence-corrected chi connectivity index (χ4v) is 3.31. The normalized spacial score (nSPS) is 17.5. The molecule has 0 bridgehead atoms. The van der Waals surface area contributed by atoms with Gasteiger partial charge in [0.15, 0.2) is 11.0 Å². The number of likely N-dealkylation sites (N-methyl/N-ethyl adjacent to an activating group) is 1. The highest BCUT2D eigenvalue weighted by Crippen LogP contribution is 2.33. The number of amidine groups is 1. The summed E-state index contributed by atoms with van der Waals surface area (Å²) in [6.45, 7) is 2.39. The van der Waals surface area contributed by atoms with E-state index >= 15 is 0 Å². The first-order valence-electron chi connectivity index (χ1n) is 7.63. The minimum atomic E-state index is -0.979. The molecule has 1 aliphatic rings. The maximum absolute atomic E-state index is 12.6. The van der Waals surface area contributed by atoms with E-state index in [1.165, 1.54) is 23.9 Å². The van der Waals surface area contributed by atoms with Gasteiger partial charge in [0, 0.05) is 12.7 Å². The Morgan fingerprint density at radius 3 is 2.64 bits per heavy atom. The SMILES string of the molecule is CCN1C(=O)C(=Cc2ccc(C(=O)O)cc2)SC1=Nc1ccccn1. The highest BCUT2D eigenvalue weighted by molar-refractivity contribution is 8.18. The van der Waals surface area contributed by atoms with Crippen molar-refractivity contribution in [2.24, 2.45) is 4.99 Å². The molecular weight excluding hydrogens is 338 g/mol. The van der Waals surface area contributed by atoms with Crippen LogP contribution in [0.5, 0.6) is 0 Å². The van der Waals surface area contributed by atoms with Gasteiger partial charge >= 0.3 is 5.97 Å². The number of aliphatic imine (C=N–C) groups is 1. The number of benzene rings is 1. The van der Waals surface area contributed by atoms with E-state index in [1.807, 2.05) is 13.0 Å². The zero-order valence-electron chi connectivity index (χ0n) is 13.4. The topological polar surface area (TPSA) is 82.9 Å². The van der Waals surface area contributed by atoms with Gasteiger partial charge in [-0.05, 0) is 54.6 Å². The Kier molecular flexibility index (Phi) is 4.95. The molecule has 6 nitrogen and oxygen atoms in total. The Balaban J connectivity index is 1.89. The summed E-state index contributed by atoms with van der Waals surface area (Å²) in [5, 5.41) is 9.52. The third-order valence-electron chi connectivity index (χ3n) is 3.52. The zero-order chi connectivity index (χ0) is 17.8. The summed E-state index contributed by atoms with van der Waals surface area (Å²) < 4.78 is 0. The highest BCUT2D eigenvalue weighted by atomic mass is 32.2. The van der Waals surface area contributed by atoms with Crippen molar-refractivity contribution in [1.82, 2.24) is 9.88 Å². The molecule has 1 aromatic carbocycles. The average Bonchev–Trinajstić information content (AvgIpc) is 2.91. The van der Waals surface area contributed by atoms with E-state index < -0.39 is 5.97 Å². The van der Waals surface area contributed by atoms with Gasteiger partial charge in [-0.2, -0.15) is 0 Å². The lowest BCUT2D eigenvalue weighted by atomic mass is 10.1. The molecule has 3 rings (SSSR count). The van der Waals surface area contributed by atoms with Crippen molar-refractivity contribution in [2.45, 2.75) is 6.92 Å². The number of aromatic nitrogens is 1. The molecule has 2 aromatic rings. The van der Waals surface area contributed by atoms with Crippen LogP contribution in [0.2, 0.25) is 0 Å². The molecule has 1 aliphatic heterocycles. The van der Waals surface area contributed by atoms with Gasteiger partial charge in [0.1, 0.15) is 0 Å². The molecule has 0 radical (unpaired) electrons. The maximum Gasteiger partial charge on any atom is 0.335 e. The van der Waals surface area contributed by atoms with Crippen molar-refractivity contribution >= 4 is 40.7 Å². The Morgan fingerprint density at radius 2 is 2.04 bits per heavy atom. The van der Waals surface area contributed by atoms with Crippen LogP contribution in [-0.4, -0.2) is 38.6 Å². The van der Waals surface area contributed by atoms with E-state index in [9.17, 15) is 9.59 Å². The Labute approximate surface area is 148 Å². The summed E-state index contributed by atoms with van der Waals surface area (Å²) >= 11 is 1.28. The van der Waals surface area contributed by atoms with Gasteiger partial charge in [-0.1, -0.05) is 18.2 Å². The van der Waals surface area contributed by atoms with Crippen LogP contribution in [0, 0.1) is 0 Å². The number of carbonyl (C=O) groups is 2. The summed E-state index contributed by atoms with van der Waals surface area (Å²) in [5.74, 6) is -0.555. The molecule has 2 heterocycles. The number of amides is 1. The number of nitrogens with zero attached hydrogens (tertiary/aromatic N) is 3. The van der Waals surface area contributed by atoms with E-state index in [-0.39, 0.29) is 11.5 Å². The van der Waals surface area contributed by atoms with E-state index in [1.54, 1.807) is 41.4 Å². The molecule has 0 spiro atoms. The molecule has 0 saturated carbocycles. The lowest BCUT2D eigenvalue weighted by Gasteiger charge is -2.11. The number of rotatable bonds is 4. The van der Waals surface area contributed by atoms with Gasteiger partial charge in [-0.3, -0.25) is 9.69 Å². The second kappa shape index (κ2) is 7.31. The molecule has 126 valence electrons. The smallest absolute Gasteiger partial charge is 0.335 e. The highest BCUT2D eigenvalue weighted by Gasteiger charge is 2.32. The van der Waals surface area contributed by atoms with Gasteiger partial charge in [-0.25, -0.2) is 14.8 Å². The van der Waals surface area contributed by atoms with E-state index in [0.29, 0.717) is 22.4 Å². The molecule has 0 aliphatic carbocycles. The van der Waals surface area contributed by atoms with Crippen molar-refractivity contribution in [3.05, 3.63) is 64.7 Å². The first kappa shape index (κ1) is 16.9. The Bertz CT molecular complexity index is 861. The lowest BCUT2D eigenvalue weighted by molar-refractivity contribution is -0.122. The van der Waals surface area contributed by atoms with Crippen molar-refractivity contribution in [3.8, 4) is 0 Å². The van der Waals surface area contributed by atoms with Crippen molar-refractivity contribution in [3.63, 3.8) is 0 Å². The molecule has 1 fully saturated rings. The molecule has 7 heteroatoms. The summed E-state index contributed by atoms with van der Waals surface area (Å²) in [6, 6.07) is 11.8. The van der Waals surface area contributed by atoms with Crippen LogP contribution in [0.3, 0.4) is 0 Å². The van der Waals surface area contributed by atoms with Crippen LogP contribution in [0.15, 0.2) is 58.6 Å².